The molecule has 1 amide bonds. The number of ether oxygens (including phenoxy) is 1. The number of halogens is 1. The number of carboxylic acid groups (broad SMARTS) is 2. The summed E-state index contributed by atoms with van der Waals surface area (Å²) in [6, 6.07) is 20.8. The molecule has 0 aliphatic rings. The van der Waals surface area contributed by atoms with Gasteiger partial charge in [0.15, 0.2) is 17.2 Å². The Morgan fingerprint density at radius 3 is 2.43 bits per heavy atom. The van der Waals surface area contributed by atoms with Crippen molar-refractivity contribution in [2.45, 2.75) is 13.1 Å². The quantitative estimate of drug-likeness (QED) is 0.168. The Labute approximate surface area is 228 Å². The van der Waals surface area contributed by atoms with Crippen LogP contribution in [-0.2, 0) is 17.9 Å². The van der Waals surface area contributed by atoms with Crippen molar-refractivity contribution in [3.63, 3.8) is 0 Å². The predicted molar refractivity (Wildman–Crippen MR) is 147 cm³/mol. The molecule has 190 valence electrons. The predicted octanol–water partition coefficient (Wildman–Crippen LogP) is 5.94. The van der Waals surface area contributed by atoms with Crippen LogP contribution in [0.5, 0.6) is 5.75 Å². The van der Waals surface area contributed by atoms with Crippen molar-refractivity contribution in [3.05, 3.63) is 91.4 Å². The average molecular weight is 602 g/mol. The fraction of sp³-hybridized carbons (Fsp3) is 0.115. The van der Waals surface area contributed by atoms with Crippen LogP contribution in [0.1, 0.15) is 29.8 Å². The first-order valence-corrected chi connectivity index (χ1v) is 13.4. The first-order valence-electron chi connectivity index (χ1n) is 11.0. The highest BCUT2D eigenvalue weighted by Gasteiger charge is 2.24. The van der Waals surface area contributed by atoms with Crippen molar-refractivity contribution in [2.75, 3.05) is 11.9 Å². The van der Waals surface area contributed by atoms with E-state index in [2.05, 4.69) is 26.6 Å². The highest BCUT2D eigenvalue weighted by Crippen LogP contribution is 2.46. The van der Waals surface area contributed by atoms with E-state index in [9.17, 15) is 19.5 Å². The number of carbonyl (C=O) groups is 3. The maximum atomic E-state index is 12.5. The number of rotatable bonds is 11. The third-order valence-electron chi connectivity index (χ3n) is 5.12. The van der Waals surface area contributed by atoms with Gasteiger partial charge in [-0.05, 0) is 51.3 Å². The van der Waals surface area contributed by atoms with Gasteiger partial charge >= 0.3 is 11.9 Å². The maximum Gasteiger partial charge on any atom is 0.349 e. The van der Waals surface area contributed by atoms with Gasteiger partial charge in [-0.3, -0.25) is 4.79 Å². The summed E-state index contributed by atoms with van der Waals surface area (Å²) in [5, 5.41) is 24.7. The van der Waals surface area contributed by atoms with Crippen molar-refractivity contribution in [1.82, 2.24) is 5.32 Å². The Hall–Kier alpha value is -3.67. The molecule has 0 bridgehead atoms. The van der Waals surface area contributed by atoms with Gasteiger partial charge in [0.2, 0.25) is 0 Å². The molecule has 4 aromatic rings. The van der Waals surface area contributed by atoms with Crippen molar-refractivity contribution < 1.29 is 29.3 Å². The molecule has 0 spiro atoms. The topological polar surface area (TPSA) is 125 Å². The summed E-state index contributed by atoms with van der Waals surface area (Å²) in [5.74, 6) is -2.54. The van der Waals surface area contributed by atoms with E-state index in [1.165, 1.54) is 11.3 Å². The number of nitrogens with one attached hydrogen (secondary N) is 2. The molecule has 2 aromatic carbocycles. The zero-order valence-corrected chi connectivity index (χ0v) is 22.4. The molecule has 4 rings (SSSR count). The molecular formula is C26H21BrN2O6S2. The van der Waals surface area contributed by atoms with E-state index in [1.54, 1.807) is 6.07 Å². The first-order chi connectivity index (χ1) is 17.8. The van der Waals surface area contributed by atoms with Crippen LogP contribution < -0.4 is 15.4 Å². The highest BCUT2D eigenvalue weighted by atomic mass is 79.9. The summed E-state index contributed by atoms with van der Waals surface area (Å²) < 4.78 is 5.62. The smallest absolute Gasteiger partial charge is 0.349 e. The molecule has 0 atom stereocenters. The van der Waals surface area contributed by atoms with Crippen LogP contribution in [0.4, 0.5) is 5.69 Å². The third kappa shape index (κ3) is 6.76. The van der Waals surface area contributed by atoms with Gasteiger partial charge in [0, 0.05) is 23.7 Å². The van der Waals surface area contributed by atoms with E-state index >= 15 is 0 Å². The highest BCUT2D eigenvalue weighted by molar-refractivity contribution is 9.10. The van der Waals surface area contributed by atoms with Crippen LogP contribution in [0.25, 0.3) is 10.4 Å². The lowest BCUT2D eigenvalue weighted by atomic mass is 10.1. The average Bonchev–Trinajstić information content (AvgIpc) is 3.50. The maximum absolute atomic E-state index is 12.5. The molecule has 0 aliphatic heterocycles. The van der Waals surface area contributed by atoms with Gasteiger partial charge < -0.3 is 25.6 Å². The summed E-state index contributed by atoms with van der Waals surface area (Å²) >= 11 is 5.78. The number of aromatic carboxylic acids is 1. The minimum Gasteiger partial charge on any atom is -0.479 e. The number of thiophene rings is 2. The summed E-state index contributed by atoms with van der Waals surface area (Å²) in [7, 11) is 0. The third-order valence-corrected chi connectivity index (χ3v) is 8.43. The van der Waals surface area contributed by atoms with E-state index in [4.69, 9.17) is 9.84 Å². The molecule has 0 unspecified atom stereocenters. The number of aliphatic carboxylic acids is 1. The number of amides is 1. The second-order valence-electron chi connectivity index (χ2n) is 7.76. The Bertz CT molecular complexity index is 1430. The number of carbonyl (C=O) groups excluding carboxylic acids is 1. The van der Waals surface area contributed by atoms with Gasteiger partial charge in [0.25, 0.3) is 5.91 Å². The number of anilines is 1. The minimum absolute atomic E-state index is 0.00934. The van der Waals surface area contributed by atoms with Crippen LogP contribution in [0.2, 0.25) is 0 Å². The van der Waals surface area contributed by atoms with Crippen molar-refractivity contribution in [2.24, 2.45) is 0 Å². The van der Waals surface area contributed by atoms with Crippen LogP contribution in [0, 0.1) is 0 Å². The molecule has 0 fully saturated rings. The molecule has 0 saturated heterocycles. The van der Waals surface area contributed by atoms with Gasteiger partial charge in [-0.25, -0.2) is 9.59 Å². The molecular weight excluding hydrogens is 580 g/mol. The SMILES string of the molecule is O=C(O)COc1c(C(=O)O)sc(-c2cccc(NCc3ccc(C(=O)NCc4ccccc4)s3)c2)c1Br. The fourth-order valence-corrected chi connectivity index (χ4v) is 6.16. The Morgan fingerprint density at radius 1 is 0.919 bits per heavy atom. The van der Waals surface area contributed by atoms with E-state index < -0.39 is 18.5 Å². The van der Waals surface area contributed by atoms with Crippen molar-refractivity contribution in [3.8, 4) is 16.2 Å². The number of benzene rings is 2. The molecule has 37 heavy (non-hydrogen) atoms. The van der Waals surface area contributed by atoms with E-state index in [0.29, 0.717) is 27.3 Å². The molecule has 4 N–H and O–H groups in total. The molecule has 11 heteroatoms. The van der Waals surface area contributed by atoms with E-state index in [1.807, 2.05) is 60.7 Å². The number of hydrogen-bond donors (Lipinski definition) is 4. The van der Waals surface area contributed by atoms with Crippen molar-refractivity contribution >= 4 is 62.1 Å². The van der Waals surface area contributed by atoms with Crippen LogP contribution in [0.3, 0.4) is 0 Å². The molecule has 8 nitrogen and oxygen atoms in total. The standard InChI is InChI=1S/C26H21BrN2O6S2/c27-21-22(35-14-20(30)31)24(26(33)34)37-23(21)16-7-4-8-17(11-16)28-13-18-9-10-19(36-18)25(32)29-12-15-5-2-1-3-6-15/h1-11,28H,12-14H2,(H,29,32)(H,30,31)(H,33,34). The summed E-state index contributed by atoms with van der Waals surface area (Å²) in [5.41, 5.74) is 2.57. The second kappa shape index (κ2) is 12.0. The first kappa shape index (κ1) is 26.4. The van der Waals surface area contributed by atoms with Gasteiger partial charge in [-0.1, -0.05) is 42.5 Å². The van der Waals surface area contributed by atoms with Crippen LogP contribution in [0.15, 0.2) is 71.2 Å². The van der Waals surface area contributed by atoms with Gasteiger partial charge in [0.1, 0.15) is 0 Å². The van der Waals surface area contributed by atoms with E-state index in [0.717, 1.165) is 33.0 Å². The normalized spacial score (nSPS) is 10.6. The lowest BCUT2D eigenvalue weighted by Crippen LogP contribution is -2.21. The summed E-state index contributed by atoms with van der Waals surface area (Å²) in [4.78, 5) is 37.2. The minimum atomic E-state index is -1.20. The van der Waals surface area contributed by atoms with Gasteiger partial charge in [-0.15, -0.1) is 22.7 Å². The zero-order valence-electron chi connectivity index (χ0n) is 19.2. The fourth-order valence-electron chi connectivity index (χ4n) is 3.41. The summed E-state index contributed by atoms with van der Waals surface area (Å²) in [6.45, 7) is 0.311. The molecule has 0 saturated carbocycles. The second-order valence-corrected chi connectivity index (χ2v) is 10.7. The Kier molecular flexibility index (Phi) is 8.59. The Morgan fingerprint density at radius 2 is 1.70 bits per heavy atom. The van der Waals surface area contributed by atoms with Gasteiger partial charge in [0.05, 0.1) is 14.2 Å². The molecule has 0 radical (unpaired) electrons. The van der Waals surface area contributed by atoms with E-state index in [-0.39, 0.29) is 16.5 Å². The lowest BCUT2D eigenvalue weighted by Gasteiger charge is -2.08. The monoisotopic (exact) mass is 600 g/mol. The lowest BCUT2D eigenvalue weighted by molar-refractivity contribution is -0.139. The van der Waals surface area contributed by atoms with Crippen molar-refractivity contribution in [1.29, 1.82) is 0 Å². The van der Waals surface area contributed by atoms with Gasteiger partial charge in [-0.2, -0.15) is 0 Å². The molecule has 0 aliphatic carbocycles. The zero-order chi connectivity index (χ0) is 26.4. The number of hydrogen-bond acceptors (Lipinski definition) is 7. The molecule has 2 aromatic heterocycles. The van der Waals surface area contributed by atoms with Crippen LogP contribution in [-0.4, -0.2) is 34.7 Å². The largest absolute Gasteiger partial charge is 0.479 e. The Balaban J connectivity index is 1.42. The number of carboxylic acids is 2. The van der Waals surface area contributed by atoms with Crippen LogP contribution >= 0.6 is 38.6 Å². The summed E-state index contributed by atoms with van der Waals surface area (Å²) in [6.07, 6.45) is 0. The molecule has 2 heterocycles.